The molecule has 4 nitrogen and oxygen atoms in total. The van der Waals surface area contributed by atoms with Gasteiger partial charge in [-0.05, 0) is 41.9 Å². The van der Waals surface area contributed by atoms with E-state index in [1.54, 1.807) is 13.1 Å². The Hall–Kier alpha value is -0.880. The van der Waals surface area contributed by atoms with E-state index in [1.807, 2.05) is 6.07 Å². The van der Waals surface area contributed by atoms with Gasteiger partial charge in [0.15, 0.2) is 0 Å². The van der Waals surface area contributed by atoms with Gasteiger partial charge in [0.2, 0.25) is 5.91 Å². The standard InChI is InChI=1S/C10H12BrNO3S/c1-10(2,9(14)15)8(13)12(3)7-5-4-6(11)16-7/h4-5H,1-3H3,(H,14,15). The molecule has 0 bridgehead atoms. The van der Waals surface area contributed by atoms with E-state index in [-0.39, 0.29) is 0 Å². The normalized spacial score (nSPS) is 11.2. The fourth-order valence-corrected chi connectivity index (χ4v) is 2.42. The van der Waals surface area contributed by atoms with E-state index in [9.17, 15) is 9.59 Å². The molecule has 1 rings (SSSR count). The van der Waals surface area contributed by atoms with Crippen LogP contribution < -0.4 is 4.90 Å². The monoisotopic (exact) mass is 305 g/mol. The van der Waals surface area contributed by atoms with Gasteiger partial charge < -0.3 is 10.0 Å². The first-order chi connectivity index (χ1) is 7.26. The molecular formula is C10H12BrNO3S. The second-order valence-corrected chi connectivity index (χ2v) is 6.31. The third-order valence-electron chi connectivity index (χ3n) is 2.26. The lowest BCUT2D eigenvalue weighted by Gasteiger charge is -2.24. The van der Waals surface area contributed by atoms with Crippen molar-refractivity contribution in [1.29, 1.82) is 0 Å². The third kappa shape index (κ3) is 2.44. The number of carboxylic acid groups (broad SMARTS) is 1. The summed E-state index contributed by atoms with van der Waals surface area (Å²) in [7, 11) is 1.57. The molecule has 0 saturated heterocycles. The maximum absolute atomic E-state index is 12.0. The fraction of sp³-hybridized carbons (Fsp3) is 0.400. The smallest absolute Gasteiger partial charge is 0.318 e. The molecule has 0 spiro atoms. The molecule has 1 N–H and O–H groups in total. The number of anilines is 1. The molecule has 0 radical (unpaired) electrons. The van der Waals surface area contributed by atoms with E-state index < -0.39 is 17.3 Å². The highest BCUT2D eigenvalue weighted by Gasteiger charge is 2.38. The van der Waals surface area contributed by atoms with Crippen molar-refractivity contribution in [3.63, 3.8) is 0 Å². The van der Waals surface area contributed by atoms with Crippen LogP contribution in [-0.4, -0.2) is 24.0 Å². The minimum absolute atomic E-state index is 0.436. The molecule has 0 aromatic carbocycles. The van der Waals surface area contributed by atoms with E-state index in [0.29, 0.717) is 5.00 Å². The first kappa shape index (κ1) is 13.2. The fourth-order valence-electron chi connectivity index (χ4n) is 1.10. The second kappa shape index (κ2) is 4.55. The van der Waals surface area contributed by atoms with Gasteiger partial charge >= 0.3 is 5.97 Å². The predicted octanol–water partition coefficient (Wildman–Crippen LogP) is 2.58. The average Bonchev–Trinajstić information content (AvgIpc) is 2.62. The molecule has 1 heterocycles. The van der Waals surface area contributed by atoms with E-state index in [1.165, 1.54) is 30.1 Å². The molecule has 0 saturated carbocycles. The molecule has 6 heteroatoms. The van der Waals surface area contributed by atoms with E-state index in [0.717, 1.165) is 3.79 Å². The summed E-state index contributed by atoms with van der Waals surface area (Å²) < 4.78 is 0.898. The average molecular weight is 306 g/mol. The van der Waals surface area contributed by atoms with Crippen molar-refractivity contribution in [1.82, 2.24) is 0 Å². The van der Waals surface area contributed by atoms with Crippen molar-refractivity contribution < 1.29 is 14.7 Å². The van der Waals surface area contributed by atoms with Gasteiger partial charge in [-0.15, -0.1) is 11.3 Å². The van der Waals surface area contributed by atoms with Crippen molar-refractivity contribution in [2.75, 3.05) is 11.9 Å². The summed E-state index contributed by atoms with van der Waals surface area (Å²) in [6, 6.07) is 3.59. The number of hydrogen-bond donors (Lipinski definition) is 1. The van der Waals surface area contributed by atoms with E-state index >= 15 is 0 Å². The number of rotatable bonds is 3. The predicted molar refractivity (Wildman–Crippen MR) is 66.8 cm³/mol. The third-order valence-corrected chi connectivity index (χ3v) is 3.96. The van der Waals surface area contributed by atoms with Crippen LogP contribution in [0.25, 0.3) is 0 Å². The summed E-state index contributed by atoms with van der Waals surface area (Å²) in [5.41, 5.74) is -1.41. The molecule has 88 valence electrons. The maximum atomic E-state index is 12.0. The first-order valence-electron chi connectivity index (χ1n) is 4.53. The van der Waals surface area contributed by atoms with Crippen molar-refractivity contribution in [2.24, 2.45) is 5.41 Å². The van der Waals surface area contributed by atoms with Crippen molar-refractivity contribution in [2.45, 2.75) is 13.8 Å². The van der Waals surface area contributed by atoms with Crippen molar-refractivity contribution >= 4 is 44.1 Å². The molecule has 1 aromatic heterocycles. The number of thiophene rings is 1. The zero-order valence-electron chi connectivity index (χ0n) is 9.15. The van der Waals surface area contributed by atoms with E-state index in [2.05, 4.69) is 15.9 Å². The van der Waals surface area contributed by atoms with Crippen LogP contribution in [0.5, 0.6) is 0 Å². The maximum Gasteiger partial charge on any atom is 0.318 e. The summed E-state index contributed by atoms with van der Waals surface area (Å²) in [5, 5.41) is 9.67. The molecule has 16 heavy (non-hydrogen) atoms. The topological polar surface area (TPSA) is 57.6 Å². The molecule has 1 aromatic rings. The summed E-state index contributed by atoms with van der Waals surface area (Å²) in [6.45, 7) is 2.80. The Balaban J connectivity index is 2.95. The first-order valence-corrected chi connectivity index (χ1v) is 6.14. The number of carboxylic acids is 1. The van der Waals surface area contributed by atoms with Crippen LogP contribution in [0.2, 0.25) is 0 Å². The lowest BCUT2D eigenvalue weighted by molar-refractivity contribution is -0.152. The molecule has 0 atom stereocenters. The van der Waals surface area contributed by atoms with Crippen molar-refractivity contribution in [3.05, 3.63) is 15.9 Å². The van der Waals surface area contributed by atoms with Crippen LogP contribution in [-0.2, 0) is 9.59 Å². The molecule has 0 aliphatic heterocycles. The highest BCUT2D eigenvalue weighted by Crippen LogP contribution is 2.31. The minimum Gasteiger partial charge on any atom is -0.480 e. The Morgan fingerprint density at radius 1 is 1.44 bits per heavy atom. The minimum atomic E-state index is -1.41. The number of hydrogen-bond acceptors (Lipinski definition) is 3. The van der Waals surface area contributed by atoms with Crippen molar-refractivity contribution in [3.8, 4) is 0 Å². The van der Waals surface area contributed by atoms with Crippen LogP contribution in [0.15, 0.2) is 15.9 Å². The highest BCUT2D eigenvalue weighted by atomic mass is 79.9. The van der Waals surface area contributed by atoms with Gasteiger partial charge in [-0.1, -0.05) is 0 Å². The van der Waals surface area contributed by atoms with Crippen LogP contribution in [0.1, 0.15) is 13.8 Å². The molecule has 0 aliphatic carbocycles. The summed E-state index contributed by atoms with van der Waals surface area (Å²) >= 11 is 4.67. The largest absolute Gasteiger partial charge is 0.480 e. The number of carbonyl (C=O) groups is 2. The second-order valence-electron chi connectivity index (χ2n) is 3.87. The number of aliphatic carboxylic acids is 1. The van der Waals surface area contributed by atoms with Gasteiger partial charge in [-0.2, -0.15) is 0 Å². The van der Waals surface area contributed by atoms with Gasteiger partial charge in [-0.25, -0.2) is 0 Å². The Morgan fingerprint density at radius 3 is 2.38 bits per heavy atom. The zero-order valence-corrected chi connectivity index (χ0v) is 11.6. The van der Waals surface area contributed by atoms with Gasteiger partial charge in [0.25, 0.3) is 0 Å². The molecule has 0 fully saturated rings. The van der Waals surface area contributed by atoms with Gasteiger partial charge in [-0.3, -0.25) is 9.59 Å². The molecule has 1 amide bonds. The number of amides is 1. The van der Waals surface area contributed by atoms with Crippen LogP contribution in [0.4, 0.5) is 5.00 Å². The Labute approximate surface area is 106 Å². The number of halogens is 1. The van der Waals surface area contributed by atoms with E-state index in [4.69, 9.17) is 5.11 Å². The molecule has 0 aliphatic rings. The lowest BCUT2D eigenvalue weighted by atomic mass is 9.92. The van der Waals surface area contributed by atoms with Gasteiger partial charge in [0, 0.05) is 7.05 Å². The lowest BCUT2D eigenvalue weighted by Crippen LogP contribution is -2.43. The van der Waals surface area contributed by atoms with Gasteiger partial charge in [0.05, 0.1) is 8.79 Å². The Morgan fingerprint density at radius 2 is 2.00 bits per heavy atom. The van der Waals surface area contributed by atoms with Crippen LogP contribution in [0, 0.1) is 5.41 Å². The Kier molecular flexibility index (Phi) is 3.75. The number of nitrogens with zero attached hydrogens (tertiary/aromatic N) is 1. The van der Waals surface area contributed by atoms with Gasteiger partial charge in [0.1, 0.15) is 5.41 Å². The summed E-state index contributed by atoms with van der Waals surface area (Å²) in [6.07, 6.45) is 0. The molecular weight excluding hydrogens is 294 g/mol. The zero-order chi connectivity index (χ0) is 12.5. The summed E-state index contributed by atoms with van der Waals surface area (Å²) in [5.74, 6) is -1.56. The number of carbonyl (C=O) groups excluding carboxylic acids is 1. The SMILES string of the molecule is CN(C(=O)C(C)(C)C(=O)O)c1ccc(Br)s1. The van der Waals surface area contributed by atoms with Crippen LogP contribution in [0.3, 0.4) is 0 Å². The quantitative estimate of drug-likeness (QED) is 0.873. The summed E-state index contributed by atoms with van der Waals surface area (Å²) in [4.78, 5) is 24.3. The highest BCUT2D eigenvalue weighted by molar-refractivity contribution is 9.11. The Bertz CT molecular complexity index is 427. The molecule has 0 unspecified atom stereocenters. The van der Waals surface area contributed by atoms with Crippen LogP contribution >= 0.6 is 27.3 Å².